The van der Waals surface area contributed by atoms with Gasteiger partial charge >= 0.3 is 5.97 Å². The van der Waals surface area contributed by atoms with Gasteiger partial charge in [-0.25, -0.2) is 0 Å². The van der Waals surface area contributed by atoms with Crippen LogP contribution in [0.2, 0.25) is 0 Å². The molecule has 2 N–H and O–H groups in total. The van der Waals surface area contributed by atoms with Crippen LogP contribution in [0.25, 0.3) is 0 Å². The first-order chi connectivity index (χ1) is 6.59. The van der Waals surface area contributed by atoms with E-state index in [2.05, 4.69) is 0 Å². The second-order valence-corrected chi connectivity index (χ2v) is 2.89. The van der Waals surface area contributed by atoms with Crippen LogP contribution in [-0.2, 0) is 11.2 Å². The highest BCUT2D eigenvalue weighted by Crippen LogP contribution is 2.03. The molecule has 1 rings (SSSR count). The van der Waals surface area contributed by atoms with Gasteiger partial charge in [0.25, 0.3) is 0 Å². The van der Waals surface area contributed by atoms with E-state index < -0.39 is 11.4 Å². The molecule has 4 nitrogen and oxygen atoms in total. The first kappa shape index (κ1) is 10.2. The molecule has 0 atom stereocenters. The molecule has 0 aliphatic heterocycles. The molecule has 0 unspecified atom stereocenters. The Morgan fingerprint density at radius 1 is 1.36 bits per heavy atom. The van der Waals surface area contributed by atoms with Crippen molar-refractivity contribution in [2.75, 3.05) is 0 Å². The number of carbonyl (C=O) groups is 1. The van der Waals surface area contributed by atoms with E-state index >= 15 is 0 Å². The molecule has 0 spiro atoms. The van der Waals surface area contributed by atoms with Crippen molar-refractivity contribution in [1.29, 1.82) is 0 Å². The van der Waals surface area contributed by atoms with Crippen LogP contribution in [-0.4, -0.2) is 16.2 Å². The number of carboxylic acids is 1. The Bertz CT molecular complexity index is 398. The molecule has 0 aromatic heterocycles. The summed E-state index contributed by atoms with van der Waals surface area (Å²) < 4.78 is 0. The molecule has 4 heteroatoms. The van der Waals surface area contributed by atoms with Crippen LogP contribution >= 0.6 is 0 Å². The van der Waals surface area contributed by atoms with E-state index in [1.807, 2.05) is 0 Å². The minimum absolute atomic E-state index is 0.0236. The number of aryl methyl sites for hydroxylation is 1. The third kappa shape index (κ3) is 2.90. The molecule has 1 aromatic rings. The van der Waals surface area contributed by atoms with E-state index in [0.717, 1.165) is 0 Å². The second-order valence-electron chi connectivity index (χ2n) is 2.89. The summed E-state index contributed by atoms with van der Waals surface area (Å²) in [4.78, 5) is 21.4. The molecule has 0 aliphatic rings. The molecule has 74 valence electrons. The van der Waals surface area contributed by atoms with Gasteiger partial charge in [-0.1, -0.05) is 12.1 Å². The standard InChI is InChI=1S/C10H10O4/c11-8-3-1-2-7(6-9(8)12)4-5-10(13)14/h1-3,6H,4-5H2,(H,11,12)(H,13,14). The third-order valence-corrected chi connectivity index (χ3v) is 1.76. The van der Waals surface area contributed by atoms with E-state index in [-0.39, 0.29) is 12.2 Å². The Hall–Kier alpha value is -1.84. The molecule has 0 saturated heterocycles. The lowest BCUT2D eigenvalue weighted by Gasteiger charge is -1.92. The van der Waals surface area contributed by atoms with Crippen molar-refractivity contribution in [1.82, 2.24) is 0 Å². The molecule has 0 fully saturated rings. The first-order valence-electron chi connectivity index (χ1n) is 4.13. The Kier molecular flexibility index (Phi) is 3.23. The molecule has 0 bridgehead atoms. The van der Waals surface area contributed by atoms with E-state index in [0.29, 0.717) is 12.0 Å². The second kappa shape index (κ2) is 4.41. The average Bonchev–Trinajstić information content (AvgIpc) is 2.26. The highest BCUT2D eigenvalue weighted by atomic mass is 16.4. The summed E-state index contributed by atoms with van der Waals surface area (Å²) in [6, 6.07) is 5.67. The molecule has 14 heavy (non-hydrogen) atoms. The van der Waals surface area contributed by atoms with Gasteiger partial charge in [-0.3, -0.25) is 9.59 Å². The summed E-state index contributed by atoms with van der Waals surface area (Å²) >= 11 is 0. The van der Waals surface area contributed by atoms with E-state index in [9.17, 15) is 9.59 Å². The van der Waals surface area contributed by atoms with Crippen LogP contribution in [0.4, 0.5) is 0 Å². The van der Waals surface area contributed by atoms with Gasteiger partial charge in [0, 0.05) is 6.42 Å². The van der Waals surface area contributed by atoms with E-state index in [1.165, 1.54) is 18.2 Å². The maximum Gasteiger partial charge on any atom is 0.303 e. The van der Waals surface area contributed by atoms with Crippen LogP contribution in [0.5, 0.6) is 5.75 Å². The summed E-state index contributed by atoms with van der Waals surface area (Å²) in [6.45, 7) is 0. The summed E-state index contributed by atoms with van der Waals surface area (Å²) in [5.41, 5.74) is 0.119. The molecule has 0 saturated carbocycles. The first-order valence-corrected chi connectivity index (χ1v) is 4.13. The Balaban J connectivity index is 2.90. The molecular weight excluding hydrogens is 184 g/mol. The number of carboxylic acid groups (broad SMARTS) is 1. The normalized spacial score (nSPS) is 9.71. The van der Waals surface area contributed by atoms with Crippen LogP contribution in [0.1, 0.15) is 12.0 Å². The number of aromatic hydroxyl groups is 1. The van der Waals surface area contributed by atoms with Crippen molar-refractivity contribution >= 4 is 5.97 Å². The summed E-state index contributed by atoms with van der Waals surface area (Å²) in [6.07, 6.45) is 0.267. The zero-order valence-electron chi connectivity index (χ0n) is 7.43. The maximum absolute atomic E-state index is 11.1. The monoisotopic (exact) mass is 194 g/mol. The summed E-state index contributed by atoms with van der Waals surface area (Å²) in [5, 5.41) is 17.5. The van der Waals surface area contributed by atoms with Gasteiger partial charge in [0.2, 0.25) is 5.43 Å². The van der Waals surface area contributed by atoms with Gasteiger partial charge in [0.05, 0.1) is 0 Å². The van der Waals surface area contributed by atoms with Gasteiger partial charge in [0.1, 0.15) is 0 Å². The quantitative estimate of drug-likeness (QED) is 0.745. The van der Waals surface area contributed by atoms with Crippen LogP contribution in [0, 0.1) is 0 Å². The topological polar surface area (TPSA) is 74.6 Å². The summed E-state index contributed by atoms with van der Waals surface area (Å²) in [7, 11) is 0. The molecule has 1 aromatic carbocycles. The fourth-order valence-electron chi connectivity index (χ4n) is 1.04. The lowest BCUT2D eigenvalue weighted by atomic mass is 10.1. The number of hydrogen-bond acceptors (Lipinski definition) is 3. The predicted molar refractivity (Wildman–Crippen MR) is 50.3 cm³/mol. The number of rotatable bonds is 3. The molecule has 0 aliphatic carbocycles. The molecule has 0 radical (unpaired) electrons. The number of aliphatic carboxylic acids is 1. The molecule has 0 amide bonds. The Morgan fingerprint density at radius 2 is 2.07 bits per heavy atom. The minimum atomic E-state index is -0.909. The lowest BCUT2D eigenvalue weighted by molar-refractivity contribution is -0.136. The zero-order valence-corrected chi connectivity index (χ0v) is 7.43. The lowest BCUT2D eigenvalue weighted by Crippen LogP contribution is -1.99. The van der Waals surface area contributed by atoms with Crippen molar-refractivity contribution in [2.24, 2.45) is 0 Å². The SMILES string of the molecule is O=C(O)CCc1cccc(O)c(=O)c1. The van der Waals surface area contributed by atoms with Crippen molar-refractivity contribution in [3.8, 4) is 5.75 Å². The van der Waals surface area contributed by atoms with Crippen molar-refractivity contribution in [2.45, 2.75) is 12.8 Å². The fourth-order valence-corrected chi connectivity index (χ4v) is 1.04. The Morgan fingerprint density at radius 3 is 2.71 bits per heavy atom. The largest absolute Gasteiger partial charge is 0.504 e. The van der Waals surface area contributed by atoms with Crippen LogP contribution in [0.15, 0.2) is 29.1 Å². The molecular formula is C10H10O4. The van der Waals surface area contributed by atoms with Gasteiger partial charge in [-0.05, 0) is 24.1 Å². The van der Waals surface area contributed by atoms with Crippen molar-refractivity contribution < 1.29 is 15.0 Å². The van der Waals surface area contributed by atoms with Crippen LogP contribution in [0.3, 0.4) is 0 Å². The average molecular weight is 194 g/mol. The Labute approximate surface area is 80.4 Å². The van der Waals surface area contributed by atoms with Gasteiger partial charge in [-0.15, -0.1) is 0 Å². The molecule has 0 heterocycles. The van der Waals surface area contributed by atoms with E-state index in [1.54, 1.807) is 6.07 Å². The predicted octanol–water partition coefficient (Wildman–Crippen LogP) is 0.770. The summed E-state index contributed by atoms with van der Waals surface area (Å²) in [5.74, 6) is -1.24. The smallest absolute Gasteiger partial charge is 0.303 e. The fraction of sp³-hybridized carbons (Fsp3) is 0.200. The number of hydrogen-bond donors (Lipinski definition) is 2. The van der Waals surface area contributed by atoms with Gasteiger partial charge < -0.3 is 10.2 Å². The van der Waals surface area contributed by atoms with Gasteiger partial charge in [0.15, 0.2) is 5.75 Å². The van der Waals surface area contributed by atoms with Crippen molar-refractivity contribution in [3.63, 3.8) is 0 Å². The highest BCUT2D eigenvalue weighted by Gasteiger charge is 2.00. The van der Waals surface area contributed by atoms with Crippen molar-refractivity contribution in [3.05, 3.63) is 40.1 Å². The van der Waals surface area contributed by atoms with E-state index in [4.69, 9.17) is 10.2 Å². The van der Waals surface area contributed by atoms with Crippen LogP contribution < -0.4 is 5.43 Å². The maximum atomic E-state index is 11.1. The minimum Gasteiger partial charge on any atom is -0.504 e. The third-order valence-electron chi connectivity index (χ3n) is 1.76. The zero-order chi connectivity index (χ0) is 10.6. The van der Waals surface area contributed by atoms with Gasteiger partial charge in [-0.2, -0.15) is 0 Å². The highest BCUT2D eigenvalue weighted by molar-refractivity contribution is 5.67.